The quantitative estimate of drug-likeness (QED) is 0.812. The first-order valence-electron chi connectivity index (χ1n) is 6.08. The van der Waals surface area contributed by atoms with Crippen molar-refractivity contribution in [2.45, 2.75) is 32.2 Å². The van der Waals surface area contributed by atoms with Gasteiger partial charge in [-0.05, 0) is 31.9 Å². The van der Waals surface area contributed by atoms with Crippen molar-refractivity contribution in [1.82, 2.24) is 10.3 Å². The third kappa shape index (κ3) is 2.22. The lowest BCUT2D eigenvalue weighted by molar-refractivity contribution is -0.131. The molecular weight excluding hydrogens is 246 g/mol. The van der Waals surface area contributed by atoms with Crippen LogP contribution in [0.1, 0.15) is 37.9 Å². The second kappa shape index (κ2) is 5.02. The number of nitrogens with zero attached hydrogens (tertiary/aromatic N) is 1. The molecule has 0 spiro atoms. The van der Waals surface area contributed by atoms with Gasteiger partial charge in [-0.15, -0.1) is 0 Å². The van der Waals surface area contributed by atoms with E-state index in [2.05, 4.69) is 10.3 Å². The lowest BCUT2D eigenvalue weighted by atomic mass is 9.68. The van der Waals surface area contributed by atoms with Crippen LogP contribution in [0.15, 0.2) is 24.4 Å². The second-order valence-electron chi connectivity index (χ2n) is 4.75. The molecule has 0 bridgehead atoms. The largest absolute Gasteiger partial charge is 0.392 e. The van der Waals surface area contributed by atoms with Gasteiger partial charge in [0.15, 0.2) is 0 Å². The number of amides is 1. The monoisotopic (exact) mass is 263 g/mol. The summed E-state index contributed by atoms with van der Waals surface area (Å²) in [4.78, 5) is 16.8. The number of carbonyl (C=O) groups is 1. The molecule has 3 N–H and O–H groups in total. The number of aromatic nitrogens is 1. The Labute approximate surface area is 112 Å². The van der Waals surface area contributed by atoms with Crippen LogP contribution in [0.2, 0.25) is 0 Å². The molecule has 2 rings (SSSR count). The minimum absolute atomic E-state index is 0.0700. The maximum Gasteiger partial charge on any atom is 0.233 e. The molecule has 0 aliphatic heterocycles. The third-order valence-electron chi connectivity index (χ3n) is 3.59. The zero-order valence-electron chi connectivity index (χ0n) is 10.3. The Morgan fingerprint density at radius 2 is 2.28 bits per heavy atom. The number of thiocarbonyl (C=S) groups is 1. The van der Waals surface area contributed by atoms with Gasteiger partial charge in [0.25, 0.3) is 0 Å². The molecule has 0 saturated heterocycles. The summed E-state index contributed by atoms with van der Waals surface area (Å²) >= 11 is 5.03. The molecule has 1 atom stereocenters. The van der Waals surface area contributed by atoms with Crippen LogP contribution in [0.25, 0.3) is 0 Å². The Hall–Kier alpha value is -1.49. The summed E-state index contributed by atoms with van der Waals surface area (Å²) in [5.74, 6) is -0.0700. The van der Waals surface area contributed by atoms with Gasteiger partial charge in [-0.25, -0.2) is 0 Å². The summed E-state index contributed by atoms with van der Waals surface area (Å²) in [6.07, 6.45) is 4.22. The first-order chi connectivity index (χ1) is 8.56. The Morgan fingerprint density at radius 1 is 1.56 bits per heavy atom. The van der Waals surface area contributed by atoms with Crippen molar-refractivity contribution in [3.63, 3.8) is 0 Å². The smallest absolute Gasteiger partial charge is 0.233 e. The van der Waals surface area contributed by atoms with E-state index in [4.69, 9.17) is 18.0 Å². The van der Waals surface area contributed by atoms with E-state index in [0.29, 0.717) is 4.99 Å². The first kappa shape index (κ1) is 13.0. The average molecular weight is 263 g/mol. The lowest BCUT2D eigenvalue weighted by Gasteiger charge is -2.39. The second-order valence-corrected chi connectivity index (χ2v) is 5.19. The van der Waals surface area contributed by atoms with E-state index in [9.17, 15) is 4.79 Å². The molecule has 5 heteroatoms. The molecule has 18 heavy (non-hydrogen) atoms. The van der Waals surface area contributed by atoms with Crippen LogP contribution in [0, 0.1) is 5.41 Å². The fourth-order valence-corrected chi connectivity index (χ4v) is 2.45. The molecule has 96 valence electrons. The van der Waals surface area contributed by atoms with Crippen molar-refractivity contribution >= 4 is 23.1 Å². The van der Waals surface area contributed by atoms with Crippen molar-refractivity contribution in [1.29, 1.82) is 0 Å². The number of carbonyl (C=O) groups excluding carboxylic acids is 1. The summed E-state index contributed by atoms with van der Waals surface area (Å²) < 4.78 is 0. The molecule has 1 aliphatic carbocycles. The van der Waals surface area contributed by atoms with E-state index in [-0.39, 0.29) is 11.9 Å². The van der Waals surface area contributed by atoms with Gasteiger partial charge in [-0.3, -0.25) is 9.78 Å². The van der Waals surface area contributed by atoms with Crippen LogP contribution in [-0.2, 0) is 4.79 Å². The minimum Gasteiger partial charge on any atom is -0.392 e. The van der Waals surface area contributed by atoms with Gasteiger partial charge in [-0.1, -0.05) is 24.7 Å². The van der Waals surface area contributed by atoms with Gasteiger partial charge in [0.1, 0.15) is 0 Å². The van der Waals surface area contributed by atoms with Gasteiger partial charge >= 0.3 is 0 Å². The molecule has 1 amide bonds. The number of rotatable bonds is 4. The Morgan fingerprint density at radius 3 is 2.72 bits per heavy atom. The SMILES string of the molecule is CC(NC(=O)C1(C(N)=S)CCC1)c1ccccn1. The van der Waals surface area contributed by atoms with Gasteiger partial charge in [0, 0.05) is 6.20 Å². The van der Waals surface area contributed by atoms with Gasteiger partial charge in [0.05, 0.1) is 22.1 Å². The molecule has 1 saturated carbocycles. The summed E-state index contributed by atoms with van der Waals surface area (Å²) in [7, 11) is 0. The van der Waals surface area contributed by atoms with E-state index in [1.807, 2.05) is 25.1 Å². The Balaban J connectivity index is 2.06. The van der Waals surface area contributed by atoms with Crippen LogP contribution < -0.4 is 11.1 Å². The topological polar surface area (TPSA) is 68.0 Å². The highest BCUT2D eigenvalue weighted by Gasteiger charge is 2.47. The van der Waals surface area contributed by atoms with Gasteiger partial charge in [-0.2, -0.15) is 0 Å². The van der Waals surface area contributed by atoms with E-state index >= 15 is 0 Å². The first-order valence-corrected chi connectivity index (χ1v) is 6.49. The summed E-state index contributed by atoms with van der Waals surface area (Å²) in [6.45, 7) is 1.91. The van der Waals surface area contributed by atoms with Crippen molar-refractivity contribution in [3.05, 3.63) is 30.1 Å². The van der Waals surface area contributed by atoms with Crippen molar-refractivity contribution in [2.75, 3.05) is 0 Å². The highest BCUT2D eigenvalue weighted by atomic mass is 32.1. The molecule has 1 aromatic heterocycles. The predicted molar refractivity (Wildman–Crippen MR) is 73.9 cm³/mol. The molecule has 1 aliphatic rings. The lowest BCUT2D eigenvalue weighted by Crippen LogP contribution is -2.53. The number of pyridine rings is 1. The summed E-state index contributed by atoms with van der Waals surface area (Å²) in [6, 6.07) is 5.50. The normalized spacial score (nSPS) is 18.5. The molecule has 1 fully saturated rings. The average Bonchev–Trinajstić information content (AvgIpc) is 2.28. The Kier molecular flexibility index (Phi) is 3.61. The maximum atomic E-state index is 12.3. The summed E-state index contributed by atoms with van der Waals surface area (Å²) in [5.41, 5.74) is 5.91. The van der Waals surface area contributed by atoms with Crippen LogP contribution in [0.3, 0.4) is 0 Å². The highest BCUT2D eigenvalue weighted by molar-refractivity contribution is 7.80. The van der Waals surface area contributed by atoms with Gasteiger partial charge in [0.2, 0.25) is 5.91 Å². The number of nitrogens with two attached hydrogens (primary N) is 1. The molecule has 4 nitrogen and oxygen atoms in total. The van der Waals surface area contributed by atoms with E-state index in [1.54, 1.807) is 6.20 Å². The molecule has 1 unspecified atom stereocenters. The Bertz CT molecular complexity index is 457. The van der Waals surface area contributed by atoms with Crippen molar-refractivity contribution in [2.24, 2.45) is 11.1 Å². The van der Waals surface area contributed by atoms with E-state index < -0.39 is 5.41 Å². The number of hydrogen-bond donors (Lipinski definition) is 2. The molecule has 1 aromatic rings. The van der Waals surface area contributed by atoms with E-state index in [0.717, 1.165) is 25.0 Å². The number of nitrogens with one attached hydrogen (secondary N) is 1. The summed E-state index contributed by atoms with van der Waals surface area (Å²) in [5, 5.41) is 2.95. The third-order valence-corrected chi connectivity index (χ3v) is 3.98. The molecule has 1 heterocycles. The minimum atomic E-state index is -0.627. The molecule has 0 aromatic carbocycles. The maximum absolute atomic E-state index is 12.3. The fraction of sp³-hybridized carbons (Fsp3) is 0.462. The van der Waals surface area contributed by atoms with Crippen molar-refractivity contribution < 1.29 is 4.79 Å². The molecular formula is C13H17N3OS. The molecule has 0 radical (unpaired) electrons. The van der Waals surface area contributed by atoms with Crippen LogP contribution >= 0.6 is 12.2 Å². The zero-order valence-corrected chi connectivity index (χ0v) is 11.2. The zero-order chi connectivity index (χ0) is 13.2. The van der Waals surface area contributed by atoms with E-state index in [1.165, 1.54) is 0 Å². The predicted octanol–water partition coefficient (Wildman–Crippen LogP) is 1.72. The fourth-order valence-electron chi connectivity index (χ4n) is 2.16. The van der Waals surface area contributed by atoms with Crippen LogP contribution in [0.5, 0.6) is 0 Å². The number of hydrogen-bond acceptors (Lipinski definition) is 3. The van der Waals surface area contributed by atoms with Gasteiger partial charge < -0.3 is 11.1 Å². The van der Waals surface area contributed by atoms with Crippen molar-refractivity contribution in [3.8, 4) is 0 Å². The highest BCUT2D eigenvalue weighted by Crippen LogP contribution is 2.41. The van der Waals surface area contributed by atoms with Crippen LogP contribution in [-0.4, -0.2) is 15.9 Å². The standard InChI is InChI=1S/C13H17N3OS/c1-9(10-5-2-3-8-15-10)16-12(17)13(11(14)18)6-4-7-13/h2-3,5,8-9H,4,6-7H2,1H3,(H2,14,18)(H,16,17). The van der Waals surface area contributed by atoms with Crippen LogP contribution in [0.4, 0.5) is 0 Å².